The highest BCUT2D eigenvalue weighted by Crippen LogP contribution is 2.44. The summed E-state index contributed by atoms with van der Waals surface area (Å²) in [5.41, 5.74) is 11.5. The third-order valence-electron chi connectivity index (χ3n) is 11.0. The van der Waals surface area contributed by atoms with Crippen molar-refractivity contribution in [2.45, 2.75) is 12.8 Å². The smallest absolute Gasteiger partial charge is 0.165 e. The highest BCUT2D eigenvalue weighted by molar-refractivity contribution is 6.15. The first-order chi connectivity index (χ1) is 27.2. The number of furan rings is 1. The number of aromatic nitrogens is 3. The van der Waals surface area contributed by atoms with Crippen LogP contribution >= 0.6 is 0 Å². The highest BCUT2D eigenvalue weighted by atomic mass is 16.3. The van der Waals surface area contributed by atoms with E-state index in [1.165, 1.54) is 32.8 Å². The standard InChI is InChI=1S/C51H33N3O/c1-2-12-32(13-3-1)34-22-25-35(26-23-34)40-28-29-46-47(43-20-10-11-21-45(43)55-46)48(40)51-53-49(38-27-24-33-14-4-5-15-36(33)30-38)52-50(54-51)44-31-37-16-6-7-17-39(37)41-18-8-9-19-42(41)44/h1-8,10-18,20-31H,9,19H2. The average molecular weight is 704 g/mol. The Morgan fingerprint density at radius 2 is 1.11 bits per heavy atom. The fourth-order valence-electron chi connectivity index (χ4n) is 8.33. The van der Waals surface area contributed by atoms with Gasteiger partial charge < -0.3 is 4.42 Å². The number of benzene rings is 8. The Morgan fingerprint density at radius 1 is 0.436 bits per heavy atom. The SMILES string of the molecule is C1=Cc2c(c(-c3nc(-c4ccc5ccccc5c4)nc(-c4c(-c5ccc(-c6ccccc6)cc5)ccc5oc6ccccc6c45)n3)cc3ccccc23)CC1. The second-order valence-corrected chi connectivity index (χ2v) is 14.2. The normalized spacial score (nSPS) is 12.5. The van der Waals surface area contributed by atoms with Gasteiger partial charge in [0.25, 0.3) is 0 Å². The van der Waals surface area contributed by atoms with Crippen molar-refractivity contribution in [2.24, 2.45) is 0 Å². The summed E-state index contributed by atoms with van der Waals surface area (Å²) in [6, 6.07) is 57.5. The minimum atomic E-state index is 0.612. The molecule has 2 aromatic heterocycles. The van der Waals surface area contributed by atoms with Gasteiger partial charge in [-0.3, -0.25) is 0 Å². The number of allylic oxidation sites excluding steroid dienone is 1. The van der Waals surface area contributed by atoms with Crippen molar-refractivity contribution < 1.29 is 4.42 Å². The third kappa shape index (κ3) is 5.33. The Kier molecular flexibility index (Phi) is 7.27. The van der Waals surface area contributed by atoms with Gasteiger partial charge in [0.05, 0.1) is 0 Å². The predicted octanol–water partition coefficient (Wildman–Crippen LogP) is 13.4. The average Bonchev–Trinajstić information content (AvgIpc) is 3.65. The van der Waals surface area contributed by atoms with Crippen LogP contribution < -0.4 is 0 Å². The lowest BCUT2D eigenvalue weighted by atomic mass is 9.88. The van der Waals surface area contributed by atoms with E-state index in [1.807, 2.05) is 18.2 Å². The van der Waals surface area contributed by atoms with Crippen molar-refractivity contribution in [3.8, 4) is 56.4 Å². The number of hydrogen-bond acceptors (Lipinski definition) is 4. The number of nitrogens with zero attached hydrogens (tertiary/aromatic N) is 3. The quantitative estimate of drug-likeness (QED) is 0.179. The fraction of sp³-hybridized carbons (Fsp3) is 0.0392. The summed E-state index contributed by atoms with van der Waals surface area (Å²) in [4.78, 5) is 16.2. The van der Waals surface area contributed by atoms with Crippen molar-refractivity contribution >= 4 is 49.6 Å². The van der Waals surface area contributed by atoms with Gasteiger partial charge in [-0.25, -0.2) is 15.0 Å². The van der Waals surface area contributed by atoms with Crippen LogP contribution in [-0.4, -0.2) is 15.0 Å². The molecule has 11 rings (SSSR count). The van der Waals surface area contributed by atoms with Crippen molar-refractivity contribution in [1.29, 1.82) is 0 Å². The minimum Gasteiger partial charge on any atom is -0.456 e. The maximum atomic E-state index is 6.50. The van der Waals surface area contributed by atoms with Crippen LogP contribution in [0.3, 0.4) is 0 Å². The van der Waals surface area contributed by atoms with E-state index in [0.717, 1.165) is 73.5 Å². The van der Waals surface area contributed by atoms with Gasteiger partial charge in [-0.1, -0.05) is 146 Å². The molecule has 1 aliphatic rings. The zero-order valence-corrected chi connectivity index (χ0v) is 29.9. The van der Waals surface area contributed by atoms with Gasteiger partial charge in [0.2, 0.25) is 0 Å². The van der Waals surface area contributed by atoms with Gasteiger partial charge in [0.1, 0.15) is 11.2 Å². The van der Waals surface area contributed by atoms with Crippen LogP contribution in [0, 0.1) is 0 Å². The fourth-order valence-corrected chi connectivity index (χ4v) is 8.33. The first-order valence-corrected chi connectivity index (χ1v) is 18.8. The van der Waals surface area contributed by atoms with E-state index >= 15 is 0 Å². The second kappa shape index (κ2) is 12.8. The second-order valence-electron chi connectivity index (χ2n) is 14.2. The van der Waals surface area contributed by atoms with Gasteiger partial charge >= 0.3 is 0 Å². The Morgan fingerprint density at radius 3 is 1.98 bits per heavy atom. The van der Waals surface area contributed by atoms with E-state index in [-0.39, 0.29) is 0 Å². The zero-order valence-electron chi connectivity index (χ0n) is 29.9. The van der Waals surface area contributed by atoms with Crippen molar-refractivity contribution in [2.75, 3.05) is 0 Å². The summed E-state index contributed by atoms with van der Waals surface area (Å²) in [5, 5.41) is 6.74. The first-order valence-electron chi connectivity index (χ1n) is 18.8. The molecule has 2 heterocycles. The number of hydrogen-bond donors (Lipinski definition) is 0. The molecule has 4 nitrogen and oxygen atoms in total. The van der Waals surface area contributed by atoms with Crippen molar-refractivity contribution in [1.82, 2.24) is 15.0 Å². The molecule has 0 radical (unpaired) electrons. The molecule has 55 heavy (non-hydrogen) atoms. The molecule has 0 amide bonds. The predicted molar refractivity (Wildman–Crippen MR) is 227 cm³/mol. The number of para-hydroxylation sites is 1. The topological polar surface area (TPSA) is 51.8 Å². The summed E-state index contributed by atoms with van der Waals surface area (Å²) < 4.78 is 6.50. The number of rotatable bonds is 5. The molecule has 0 fully saturated rings. The third-order valence-corrected chi connectivity index (χ3v) is 11.0. The molecule has 0 saturated carbocycles. The van der Waals surface area contributed by atoms with Crippen molar-refractivity contribution in [3.05, 3.63) is 181 Å². The molecular weight excluding hydrogens is 671 g/mol. The highest BCUT2D eigenvalue weighted by Gasteiger charge is 2.24. The van der Waals surface area contributed by atoms with Crippen LogP contribution in [0.15, 0.2) is 174 Å². The molecule has 1 aliphatic carbocycles. The minimum absolute atomic E-state index is 0.612. The maximum absolute atomic E-state index is 6.50. The van der Waals surface area contributed by atoms with Crippen LogP contribution in [0.2, 0.25) is 0 Å². The number of fused-ring (bicyclic) bond motifs is 7. The van der Waals surface area contributed by atoms with Crippen LogP contribution in [-0.2, 0) is 6.42 Å². The molecule has 0 bridgehead atoms. The maximum Gasteiger partial charge on any atom is 0.165 e. The van der Waals surface area contributed by atoms with Gasteiger partial charge in [-0.05, 0) is 98.1 Å². The molecule has 0 unspecified atom stereocenters. The van der Waals surface area contributed by atoms with Gasteiger partial charge in [0, 0.05) is 27.5 Å². The Hall–Kier alpha value is -7.17. The molecule has 4 heteroatoms. The van der Waals surface area contributed by atoms with E-state index in [0.29, 0.717) is 17.5 Å². The summed E-state index contributed by atoms with van der Waals surface area (Å²) in [7, 11) is 0. The molecule has 10 aromatic rings. The largest absolute Gasteiger partial charge is 0.456 e. The summed E-state index contributed by atoms with van der Waals surface area (Å²) >= 11 is 0. The van der Waals surface area contributed by atoms with E-state index < -0.39 is 0 Å². The molecule has 0 spiro atoms. The molecule has 0 N–H and O–H groups in total. The van der Waals surface area contributed by atoms with Crippen LogP contribution in [0.5, 0.6) is 0 Å². The Bertz CT molecular complexity index is 3140. The van der Waals surface area contributed by atoms with Gasteiger partial charge in [-0.2, -0.15) is 0 Å². The van der Waals surface area contributed by atoms with Crippen LogP contribution in [0.1, 0.15) is 17.5 Å². The lowest BCUT2D eigenvalue weighted by molar-refractivity contribution is 0.669. The van der Waals surface area contributed by atoms with Crippen LogP contribution in [0.25, 0.3) is 106 Å². The summed E-state index contributed by atoms with van der Waals surface area (Å²) in [6.45, 7) is 0. The van der Waals surface area contributed by atoms with Gasteiger partial charge in [0.15, 0.2) is 17.5 Å². The Labute approximate surface area is 318 Å². The van der Waals surface area contributed by atoms with Crippen LogP contribution in [0.4, 0.5) is 0 Å². The first kappa shape index (κ1) is 31.4. The van der Waals surface area contributed by atoms with E-state index in [1.54, 1.807) is 0 Å². The Balaban J connectivity index is 1.21. The monoisotopic (exact) mass is 703 g/mol. The van der Waals surface area contributed by atoms with E-state index in [2.05, 4.69) is 158 Å². The molecule has 258 valence electrons. The van der Waals surface area contributed by atoms with Gasteiger partial charge in [-0.15, -0.1) is 0 Å². The molecular formula is C51H33N3O. The molecule has 0 aliphatic heterocycles. The molecule has 0 saturated heterocycles. The van der Waals surface area contributed by atoms with E-state index in [4.69, 9.17) is 19.4 Å². The molecule has 0 atom stereocenters. The lowest BCUT2D eigenvalue weighted by Gasteiger charge is -2.19. The summed E-state index contributed by atoms with van der Waals surface area (Å²) in [5.74, 6) is 1.91. The summed E-state index contributed by atoms with van der Waals surface area (Å²) in [6.07, 6.45) is 6.43. The lowest BCUT2D eigenvalue weighted by Crippen LogP contribution is -2.05. The zero-order chi connectivity index (χ0) is 36.3. The van der Waals surface area contributed by atoms with Crippen molar-refractivity contribution in [3.63, 3.8) is 0 Å². The van der Waals surface area contributed by atoms with E-state index in [9.17, 15) is 0 Å². The molecule has 8 aromatic carbocycles.